The number of nitrogens with one attached hydrogen (secondary N) is 2. The summed E-state index contributed by atoms with van der Waals surface area (Å²) < 4.78 is 10.2. The van der Waals surface area contributed by atoms with E-state index >= 15 is 0 Å². The fourth-order valence-electron chi connectivity index (χ4n) is 3.38. The van der Waals surface area contributed by atoms with E-state index in [0.717, 1.165) is 11.3 Å². The van der Waals surface area contributed by atoms with Gasteiger partial charge in [-0.1, -0.05) is 12.1 Å². The lowest BCUT2D eigenvalue weighted by atomic mass is 10.1. The van der Waals surface area contributed by atoms with Gasteiger partial charge in [-0.05, 0) is 48.9 Å². The molecular formula is C23H27N3O5. The second kappa shape index (κ2) is 9.97. The van der Waals surface area contributed by atoms with E-state index in [2.05, 4.69) is 10.6 Å². The first-order valence-corrected chi connectivity index (χ1v) is 10.1. The molecule has 1 saturated heterocycles. The van der Waals surface area contributed by atoms with Gasteiger partial charge in [-0.25, -0.2) is 0 Å². The molecule has 31 heavy (non-hydrogen) atoms. The SMILES string of the molecule is COc1ccc(CNC(=O)[C@H](C)NC(=O)[C@@H]2CC(=O)N(c3ccc(OC)cc3)C2)cc1. The summed E-state index contributed by atoms with van der Waals surface area (Å²) in [4.78, 5) is 39.0. The van der Waals surface area contributed by atoms with Crippen LogP contribution in [0.25, 0.3) is 0 Å². The minimum absolute atomic E-state index is 0.109. The predicted octanol–water partition coefficient (Wildman–Crippen LogP) is 1.88. The molecule has 1 aliphatic rings. The van der Waals surface area contributed by atoms with E-state index in [4.69, 9.17) is 9.47 Å². The molecule has 2 aromatic carbocycles. The average Bonchev–Trinajstić information content (AvgIpc) is 3.19. The molecule has 0 aliphatic carbocycles. The topological polar surface area (TPSA) is 97.0 Å². The predicted molar refractivity (Wildman–Crippen MR) is 116 cm³/mol. The van der Waals surface area contributed by atoms with E-state index < -0.39 is 12.0 Å². The Kier molecular flexibility index (Phi) is 7.12. The van der Waals surface area contributed by atoms with Gasteiger partial charge in [0, 0.05) is 25.2 Å². The van der Waals surface area contributed by atoms with Crippen molar-refractivity contribution < 1.29 is 23.9 Å². The highest BCUT2D eigenvalue weighted by atomic mass is 16.5. The Hall–Kier alpha value is -3.55. The molecular weight excluding hydrogens is 398 g/mol. The van der Waals surface area contributed by atoms with Crippen molar-refractivity contribution in [1.29, 1.82) is 0 Å². The number of carbonyl (C=O) groups is 3. The number of hydrogen-bond donors (Lipinski definition) is 2. The Morgan fingerprint density at radius 3 is 2.19 bits per heavy atom. The van der Waals surface area contributed by atoms with Gasteiger partial charge in [0.25, 0.3) is 0 Å². The third kappa shape index (κ3) is 5.53. The third-order valence-corrected chi connectivity index (χ3v) is 5.26. The average molecular weight is 425 g/mol. The number of hydrogen-bond acceptors (Lipinski definition) is 5. The van der Waals surface area contributed by atoms with Gasteiger partial charge in [-0.15, -0.1) is 0 Å². The summed E-state index contributed by atoms with van der Waals surface area (Å²) in [5, 5.41) is 5.52. The summed E-state index contributed by atoms with van der Waals surface area (Å²) in [5.74, 6) is 0.204. The largest absolute Gasteiger partial charge is 0.497 e. The molecule has 0 aromatic heterocycles. The summed E-state index contributed by atoms with van der Waals surface area (Å²) in [6.45, 7) is 2.24. The van der Waals surface area contributed by atoms with Crippen LogP contribution in [0.3, 0.4) is 0 Å². The molecule has 8 nitrogen and oxygen atoms in total. The number of carbonyl (C=O) groups excluding carboxylic acids is 3. The van der Waals surface area contributed by atoms with Gasteiger partial charge in [0.1, 0.15) is 17.5 Å². The zero-order valence-electron chi connectivity index (χ0n) is 17.9. The molecule has 0 spiro atoms. The van der Waals surface area contributed by atoms with E-state index in [1.807, 2.05) is 24.3 Å². The number of amides is 3. The van der Waals surface area contributed by atoms with Crippen LogP contribution in [-0.4, -0.2) is 44.5 Å². The first-order chi connectivity index (χ1) is 14.9. The molecule has 0 radical (unpaired) electrons. The van der Waals surface area contributed by atoms with E-state index in [9.17, 15) is 14.4 Å². The molecule has 1 heterocycles. The Bertz CT molecular complexity index is 927. The van der Waals surface area contributed by atoms with E-state index in [1.54, 1.807) is 50.3 Å². The lowest BCUT2D eigenvalue weighted by Gasteiger charge is -2.18. The van der Waals surface area contributed by atoms with Crippen LogP contribution in [0.5, 0.6) is 11.5 Å². The number of methoxy groups -OCH3 is 2. The van der Waals surface area contributed by atoms with E-state index in [1.165, 1.54) is 0 Å². The smallest absolute Gasteiger partial charge is 0.242 e. The lowest BCUT2D eigenvalue weighted by molar-refractivity contribution is -0.131. The molecule has 0 saturated carbocycles. The molecule has 3 amide bonds. The fraction of sp³-hybridized carbons (Fsp3) is 0.348. The van der Waals surface area contributed by atoms with Crippen LogP contribution >= 0.6 is 0 Å². The van der Waals surface area contributed by atoms with E-state index in [0.29, 0.717) is 18.0 Å². The molecule has 164 valence electrons. The summed E-state index contributed by atoms with van der Waals surface area (Å²) in [7, 11) is 3.17. The van der Waals surface area contributed by atoms with Gasteiger partial charge in [0.15, 0.2) is 0 Å². The van der Waals surface area contributed by atoms with Crippen LogP contribution in [0.1, 0.15) is 18.9 Å². The van der Waals surface area contributed by atoms with Gasteiger partial charge < -0.3 is 25.0 Å². The van der Waals surface area contributed by atoms with Crippen molar-refractivity contribution in [2.45, 2.75) is 25.9 Å². The van der Waals surface area contributed by atoms with Gasteiger partial charge >= 0.3 is 0 Å². The molecule has 0 bridgehead atoms. The fourth-order valence-corrected chi connectivity index (χ4v) is 3.38. The van der Waals surface area contributed by atoms with Crippen LogP contribution in [0, 0.1) is 5.92 Å². The molecule has 0 unspecified atom stereocenters. The molecule has 1 aliphatic heterocycles. The molecule has 2 atom stereocenters. The van der Waals surface area contributed by atoms with Gasteiger partial charge in [-0.2, -0.15) is 0 Å². The normalized spacial score (nSPS) is 16.5. The molecule has 8 heteroatoms. The second-order valence-electron chi connectivity index (χ2n) is 7.40. The van der Waals surface area contributed by atoms with Crippen molar-refractivity contribution >= 4 is 23.4 Å². The molecule has 3 rings (SSSR count). The number of ether oxygens (including phenoxy) is 2. The third-order valence-electron chi connectivity index (χ3n) is 5.26. The maximum absolute atomic E-state index is 12.6. The van der Waals surface area contributed by atoms with Crippen molar-refractivity contribution in [3.05, 3.63) is 54.1 Å². The maximum Gasteiger partial charge on any atom is 0.242 e. The summed E-state index contributed by atoms with van der Waals surface area (Å²) in [5.41, 5.74) is 1.63. The van der Waals surface area contributed by atoms with Gasteiger partial charge in [0.2, 0.25) is 17.7 Å². The van der Waals surface area contributed by atoms with Crippen molar-refractivity contribution in [2.24, 2.45) is 5.92 Å². The zero-order chi connectivity index (χ0) is 22.4. The highest BCUT2D eigenvalue weighted by molar-refractivity contribution is 6.01. The summed E-state index contributed by atoms with van der Waals surface area (Å²) >= 11 is 0. The Balaban J connectivity index is 1.50. The number of nitrogens with zero attached hydrogens (tertiary/aromatic N) is 1. The Morgan fingerprint density at radius 2 is 1.61 bits per heavy atom. The van der Waals surface area contributed by atoms with Crippen molar-refractivity contribution in [2.75, 3.05) is 25.7 Å². The van der Waals surface area contributed by atoms with Crippen LogP contribution in [0.15, 0.2) is 48.5 Å². The highest BCUT2D eigenvalue weighted by Crippen LogP contribution is 2.27. The standard InChI is InChI=1S/C23H27N3O5/c1-15(22(28)24-13-16-4-8-19(30-2)9-5-16)25-23(29)17-12-21(27)26(14-17)18-6-10-20(31-3)11-7-18/h4-11,15,17H,12-14H2,1-3H3,(H,24,28)(H,25,29)/t15-,17+/m0/s1. The van der Waals surface area contributed by atoms with Gasteiger partial charge in [-0.3, -0.25) is 14.4 Å². The lowest BCUT2D eigenvalue weighted by Crippen LogP contribution is -2.46. The van der Waals surface area contributed by atoms with E-state index in [-0.39, 0.29) is 30.7 Å². The number of rotatable bonds is 8. The Morgan fingerprint density at radius 1 is 1.03 bits per heavy atom. The monoisotopic (exact) mass is 425 g/mol. The molecule has 1 fully saturated rings. The quantitative estimate of drug-likeness (QED) is 0.673. The van der Waals surface area contributed by atoms with Crippen molar-refractivity contribution in [1.82, 2.24) is 10.6 Å². The highest BCUT2D eigenvalue weighted by Gasteiger charge is 2.36. The molecule has 2 N–H and O–H groups in total. The van der Waals surface area contributed by atoms with Crippen LogP contribution in [0.4, 0.5) is 5.69 Å². The van der Waals surface area contributed by atoms with Crippen LogP contribution in [-0.2, 0) is 20.9 Å². The first kappa shape index (κ1) is 22.1. The maximum atomic E-state index is 12.6. The van der Waals surface area contributed by atoms with Crippen LogP contribution in [0.2, 0.25) is 0 Å². The minimum Gasteiger partial charge on any atom is -0.497 e. The summed E-state index contributed by atoms with van der Waals surface area (Å²) in [6.07, 6.45) is 0.109. The molecule has 2 aromatic rings. The summed E-state index contributed by atoms with van der Waals surface area (Å²) in [6, 6.07) is 13.8. The number of benzene rings is 2. The minimum atomic E-state index is -0.712. The zero-order valence-corrected chi connectivity index (χ0v) is 17.9. The first-order valence-electron chi connectivity index (χ1n) is 10.1. The van der Waals surface area contributed by atoms with Crippen molar-refractivity contribution in [3.8, 4) is 11.5 Å². The van der Waals surface area contributed by atoms with Gasteiger partial charge in [0.05, 0.1) is 20.1 Å². The second-order valence-corrected chi connectivity index (χ2v) is 7.40. The van der Waals surface area contributed by atoms with Crippen molar-refractivity contribution in [3.63, 3.8) is 0 Å². The van der Waals surface area contributed by atoms with Crippen LogP contribution < -0.4 is 25.0 Å². The Labute approximate surface area is 181 Å². The number of anilines is 1.